The van der Waals surface area contributed by atoms with Crippen molar-refractivity contribution >= 4 is 5.97 Å². The first-order chi connectivity index (χ1) is 18.7. The maximum Gasteiger partial charge on any atom is 0.370 e. The molecular formula is C25H40O15. The van der Waals surface area contributed by atoms with Gasteiger partial charge in [0.25, 0.3) is 0 Å². The fourth-order valence-electron chi connectivity index (χ4n) is 5.98. The van der Waals surface area contributed by atoms with Crippen molar-refractivity contribution < 1.29 is 74.8 Å². The summed E-state index contributed by atoms with van der Waals surface area (Å²) in [5.41, 5.74) is -1.93. The van der Waals surface area contributed by atoms with E-state index in [4.69, 9.17) is 18.9 Å². The monoisotopic (exact) mass is 580 g/mol. The van der Waals surface area contributed by atoms with Crippen LogP contribution >= 0.6 is 0 Å². The molecule has 0 saturated carbocycles. The third-order valence-electron chi connectivity index (χ3n) is 8.73. The van der Waals surface area contributed by atoms with Gasteiger partial charge in [0.1, 0.15) is 36.1 Å². The summed E-state index contributed by atoms with van der Waals surface area (Å²) in [6.45, 7) is 0.868. The van der Waals surface area contributed by atoms with Crippen LogP contribution in [0.3, 0.4) is 0 Å². The number of carboxylic acid groups (broad SMARTS) is 1. The topological polar surface area (TPSA) is 256 Å². The molecule has 0 bridgehead atoms. The lowest BCUT2D eigenvalue weighted by Gasteiger charge is -2.46. The molecule has 0 unspecified atom stereocenters. The zero-order valence-electron chi connectivity index (χ0n) is 21.9. The van der Waals surface area contributed by atoms with Crippen molar-refractivity contribution in [1.82, 2.24) is 0 Å². The highest BCUT2D eigenvalue weighted by Crippen LogP contribution is 2.39. The standard InChI is InChI=1S/C25H40O15/c1-25(36)16(27)5-15(23(33)34)40-17(25)4-11-13(38-8-12(26)20(11)30)2-9-6-37-14(21(31)18(9)28)3-10-7-39-24(35)22(32)19(10)29/h5,9-14,16-22,24,26-32,35-36H,2-4,6-8H2,1H3,(H,33,34)/t9-,10-,11+,12-,13+,14+,16+,17-,18+,19+,20-,21+,22-,24-,25-/m1/s1. The van der Waals surface area contributed by atoms with Crippen molar-refractivity contribution in [3.63, 3.8) is 0 Å². The molecule has 4 heterocycles. The summed E-state index contributed by atoms with van der Waals surface area (Å²) in [5.74, 6) is -4.33. The average Bonchev–Trinajstić information content (AvgIpc) is 2.90. The van der Waals surface area contributed by atoms with Crippen LogP contribution in [-0.4, -0.2) is 150 Å². The van der Waals surface area contributed by atoms with E-state index in [2.05, 4.69) is 0 Å². The van der Waals surface area contributed by atoms with E-state index in [0.717, 1.165) is 6.08 Å². The molecule has 15 heteroatoms. The van der Waals surface area contributed by atoms with Crippen molar-refractivity contribution in [2.24, 2.45) is 17.8 Å². The Morgan fingerprint density at radius 3 is 2.02 bits per heavy atom. The van der Waals surface area contributed by atoms with Gasteiger partial charge in [-0.15, -0.1) is 0 Å². The Labute approximate surface area is 229 Å². The molecule has 15 nitrogen and oxygen atoms in total. The minimum Gasteiger partial charge on any atom is -0.480 e. The Kier molecular flexibility index (Phi) is 9.76. The fourth-order valence-corrected chi connectivity index (χ4v) is 5.98. The van der Waals surface area contributed by atoms with Gasteiger partial charge in [-0.25, -0.2) is 4.79 Å². The number of hydrogen-bond donors (Lipinski definition) is 10. The van der Waals surface area contributed by atoms with Crippen LogP contribution in [0.2, 0.25) is 0 Å². The van der Waals surface area contributed by atoms with Crippen LogP contribution in [0.5, 0.6) is 0 Å². The van der Waals surface area contributed by atoms with E-state index < -0.39 is 102 Å². The zero-order chi connectivity index (χ0) is 29.5. The van der Waals surface area contributed by atoms with Crippen LogP contribution < -0.4 is 0 Å². The summed E-state index contributed by atoms with van der Waals surface area (Å²) in [6.07, 6.45) is -13.7. The molecule has 0 aromatic heterocycles. The molecule has 0 aliphatic carbocycles. The summed E-state index contributed by atoms with van der Waals surface area (Å²) in [4.78, 5) is 11.4. The minimum atomic E-state index is -1.93. The molecule has 40 heavy (non-hydrogen) atoms. The first-order valence-electron chi connectivity index (χ1n) is 13.4. The molecule has 0 aromatic carbocycles. The van der Waals surface area contributed by atoms with Gasteiger partial charge in [-0.1, -0.05) is 0 Å². The second kappa shape index (κ2) is 12.4. The summed E-state index contributed by atoms with van der Waals surface area (Å²) in [7, 11) is 0. The number of aliphatic carboxylic acids is 1. The van der Waals surface area contributed by atoms with E-state index in [1.807, 2.05) is 0 Å². The predicted molar refractivity (Wildman–Crippen MR) is 129 cm³/mol. The first kappa shape index (κ1) is 31.5. The van der Waals surface area contributed by atoms with E-state index in [-0.39, 0.29) is 39.1 Å². The van der Waals surface area contributed by atoms with Crippen LogP contribution in [0.4, 0.5) is 0 Å². The van der Waals surface area contributed by atoms with Gasteiger partial charge in [-0.2, -0.15) is 0 Å². The van der Waals surface area contributed by atoms with Crippen LogP contribution in [0.1, 0.15) is 26.2 Å². The largest absolute Gasteiger partial charge is 0.480 e. The lowest BCUT2D eigenvalue weighted by Crippen LogP contribution is -2.58. The van der Waals surface area contributed by atoms with Gasteiger partial charge < -0.3 is 70.0 Å². The SMILES string of the molecule is C[C@@]1(O)[C@@H](O)C=C(C(=O)O)O[C@@H]1C[C@@H]1[C@@H](O)[C@H](O)CO[C@H]1C[C@@H]1CO[C@@H](C[C@@H]2CO[C@@H](O)[C@H](O)[C@H]2O)[C@H](O)[C@H]1O. The number of carboxylic acids is 1. The van der Waals surface area contributed by atoms with Crippen molar-refractivity contribution in [2.45, 2.75) is 99.1 Å². The third kappa shape index (κ3) is 6.30. The Hall–Kier alpha value is -1.47. The zero-order valence-corrected chi connectivity index (χ0v) is 21.9. The smallest absolute Gasteiger partial charge is 0.370 e. The van der Waals surface area contributed by atoms with Gasteiger partial charge in [0.2, 0.25) is 5.76 Å². The second-order valence-electron chi connectivity index (χ2n) is 11.5. The molecule has 0 spiro atoms. The molecule has 4 aliphatic rings. The van der Waals surface area contributed by atoms with E-state index >= 15 is 0 Å². The number of hydrogen-bond acceptors (Lipinski definition) is 14. The molecule has 15 atom stereocenters. The first-order valence-corrected chi connectivity index (χ1v) is 13.4. The molecule has 3 fully saturated rings. The van der Waals surface area contributed by atoms with Crippen molar-refractivity contribution in [1.29, 1.82) is 0 Å². The van der Waals surface area contributed by atoms with Crippen LogP contribution in [0.15, 0.2) is 11.8 Å². The summed E-state index contributed by atoms with van der Waals surface area (Å²) < 4.78 is 22.0. The van der Waals surface area contributed by atoms with Crippen LogP contribution in [0, 0.1) is 17.8 Å². The molecule has 4 aliphatic heterocycles. The third-order valence-corrected chi connectivity index (χ3v) is 8.73. The molecular weight excluding hydrogens is 540 g/mol. The number of rotatable bonds is 7. The van der Waals surface area contributed by atoms with Crippen LogP contribution in [0.25, 0.3) is 0 Å². The number of carbonyl (C=O) groups is 1. The molecule has 0 amide bonds. The highest BCUT2D eigenvalue weighted by atomic mass is 16.6. The summed E-state index contributed by atoms with van der Waals surface area (Å²) in [6, 6.07) is 0. The highest BCUT2D eigenvalue weighted by Gasteiger charge is 2.51. The number of ether oxygens (including phenoxy) is 4. The van der Waals surface area contributed by atoms with Gasteiger partial charge in [-0.05, 0) is 32.3 Å². The minimum absolute atomic E-state index is 0.0270. The highest BCUT2D eigenvalue weighted by molar-refractivity contribution is 5.84. The van der Waals surface area contributed by atoms with Crippen molar-refractivity contribution in [3.05, 3.63) is 11.8 Å². The average molecular weight is 581 g/mol. The fraction of sp³-hybridized carbons (Fsp3) is 0.880. The van der Waals surface area contributed by atoms with Gasteiger partial charge in [0.05, 0.1) is 50.3 Å². The van der Waals surface area contributed by atoms with E-state index in [1.54, 1.807) is 0 Å². The van der Waals surface area contributed by atoms with E-state index in [1.165, 1.54) is 6.92 Å². The van der Waals surface area contributed by atoms with Crippen LogP contribution in [-0.2, 0) is 23.7 Å². The van der Waals surface area contributed by atoms with Crippen molar-refractivity contribution in [3.8, 4) is 0 Å². The molecule has 0 aromatic rings. The molecule has 230 valence electrons. The summed E-state index contributed by atoms with van der Waals surface area (Å²) in [5, 5.41) is 103. The van der Waals surface area contributed by atoms with Gasteiger partial charge in [-0.3, -0.25) is 0 Å². The summed E-state index contributed by atoms with van der Waals surface area (Å²) >= 11 is 0. The molecule has 10 N–H and O–H groups in total. The Morgan fingerprint density at radius 2 is 1.38 bits per heavy atom. The number of aliphatic hydroxyl groups is 9. The maximum absolute atomic E-state index is 11.4. The molecule has 3 saturated heterocycles. The lowest BCUT2D eigenvalue weighted by molar-refractivity contribution is -0.249. The Bertz CT molecular complexity index is 913. The lowest BCUT2D eigenvalue weighted by atomic mass is 9.75. The van der Waals surface area contributed by atoms with Gasteiger partial charge in [0, 0.05) is 17.8 Å². The molecule has 0 radical (unpaired) electrons. The Balaban J connectivity index is 1.42. The van der Waals surface area contributed by atoms with Gasteiger partial charge >= 0.3 is 5.97 Å². The normalized spacial score (nSPS) is 50.1. The van der Waals surface area contributed by atoms with E-state index in [9.17, 15) is 55.9 Å². The quantitative estimate of drug-likeness (QED) is 0.137. The van der Waals surface area contributed by atoms with E-state index in [0.29, 0.717) is 0 Å². The Morgan fingerprint density at radius 1 is 0.800 bits per heavy atom. The predicted octanol–water partition coefficient (Wildman–Crippen LogP) is -4.20. The van der Waals surface area contributed by atoms with Gasteiger partial charge in [0.15, 0.2) is 6.29 Å². The second-order valence-corrected chi connectivity index (χ2v) is 11.5. The maximum atomic E-state index is 11.4. The van der Waals surface area contributed by atoms with Crippen molar-refractivity contribution in [2.75, 3.05) is 19.8 Å². The number of aliphatic hydroxyl groups excluding tert-OH is 8. The molecule has 4 rings (SSSR count).